The first-order chi connectivity index (χ1) is 20.6. The topological polar surface area (TPSA) is 128 Å². The van der Waals surface area contributed by atoms with Gasteiger partial charge < -0.3 is 24.5 Å². The van der Waals surface area contributed by atoms with Crippen LogP contribution in [0.5, 0.6) is 11.5 Å². The Kier molecular flexibility index (Phi) is 7.26. The normalized spacial score (nSPS) is 14.2. The number of carboxylic acid groups (broad SMARTS) is 1. The summed E-state index contributed by atoms with van der Waals surface area (Å²) in [6.45, 7) is 4.38. The number of fused-ring (bicyclic) bond motifs is 2. The lowest BCUT2D eigenvalue weighted by Gasteiger charge is -2.39. The molecule has 2 aromatic carbocycles. The molecule has 1 aliphatic rings. The van der Waals surface area contributed by atoms with Crippen LogP contribution in [0.2, 0.25) is 0 Å². The number of ether oxygens (including phenoxy) is 2. The third-order valence-electron chi connectivity index (χ3n) is 8.05. The van der Waals surface area contributed by atoms with E-state index < -0.39 is 16.1 Å². The van der Waals surface area contributed by atoms with Gasteiger partial charge in [0, 0.05) is 73.9 Å². The van der Waals surface area contributed by atoms with Crippen LogP contribution < -0.4 is 14.8 Å². The number of likely N-dealkylation sites (tertiary alicyclic amines) is 1. The molecule has 0 saturated carbocycles. The second kappa shape index (κ2) is 10.9. The summed E-state index contributed by atoms with van der Waals surface area (Å²) >= 11 is 0. The van der Waals surface area contributed by atoms with Crippen molar-refractivity contribution in [2.45, 2.75) is 18.4 Å². The van der Waals surface area contributed by atoms with Gasteiger partial charge in [-0.1, -0.05) is 17.7 Å². The van der Waals surface area contributed by atoms with Crippen LogP contribution in [-0.2, 0) is 23.6 Å². The number of nitrogens with zero attached hydrogens (tertiary/aromatic N) is 4. The maximum Gasteiger partial charge on any atom is 0.404 e. The van der Waals surface area contributed by atoms with Gasteiger partial charge in [0.15, 0.2) is 17.1 Å². The molecular weight excluding hydrogens is 570 g/mol. The van der Waals surface area contributed by atoms with Crippen LogP contribution in [0.15, 0.2) is 65.8 Å². The summed E-state index contributed by atoms with van der Waals surface area (Å²) in [6.07, 6.45) is 2.53. The minimum absolute atomic E-state index is 0.167. The lowest BCUT2D eigenvalue weighted by atomic mass is 9.99. The van der Waals surface area contributed by atoms with Crippen molar-refractivity contribution in [3.8, 4) is 22.8 Å². The molecule has 2 N–H and O–H groups in total. The molecular formula is C31H33N5O6S. The lowest BCUT2D eigenvalue weighted by Crippen LogP contribution is -2.50. The summed E-state index contributed by atoms with van der Waals surface area (Å²) in [4.78, 5) is 17.8. The van der Waals surface area contributed by atoms with Crippen LogP contribution in [-0.4, -0.2) is 71.9 Å². The Hall–Kier alpha value is -4.55. The number of aromatic nitrogens is 3. The third-order valence-corrected chi connectivity index (χ3v) is 9.77. The van der Waals surface area contributed by atoms with Gasteiger partial charge in [-0.05, 0) is 42.8 Å². The van der Waals surface area contributed by atoms with Crippen molar-refractivity contribution in [1.29, 1.82) is 0 Å². The van der Waals surface area contributed by atoms with Crippen molar-refractivity contribution in [3.05, 3.63) is 72.1 Å². The van der Waals surface area contributed by atoms with E-state index in [4.69, 9.17) is 14.6 Å². The summed E-state index contributed by atoms with van der Waals surface area (Å²) < 4.78 is 43.1. The van der Waals surface area contributed by atoms with E-state index >= 15 is 0 Å². The molecule has 4 heterocycles. The first-order valence-electron chi connectivity index (χ1n) is 13.8. The molecule has 224 valence electrons. The first-order valence-corrected chi connectivity index (χ1v) is 15.3. The summed E-state index contributed by atoms with van der Waals surface area (Å²) in [5.41, 5.74) is 4.29. The Balaban J connectivity index is 1.52. The smallest absolute Gasteiger partial charge is 0.404 e. The van der Waals surface area contributed by atoms with Crippen molar-refractivity contribution in [3.63, 3.8) is 0 Å². The molecule has 1 fully saturated rings. The number of hydrogen-bond donors (Lipinski definition) is 2. The van der Waals surface area contributed by atoms with Crippen LogP contribution in [0.4, 0.5) is 4.79 Å². The van der Waals surface area contributed by atoms with E-state index in [0.29, 0.717) is 41.5 Å². The molecule has 6 rings (SSSR count). The molecule has 1 aliphatic heterocycles. The van der Waals surface area contributed by atoms with Crippen molar-refractivity contribution < 1.29 is 27.8 Å². The molecule has 1 saturated heterocycles. The van der Waals surface area contributed by atoms with Gasteiger partial charge in [-0.2, -0.15) is 0 Å². The second-order valence-corrected chi connectivity index (χ2v) is 12.7. The number of amides is 1. The van der Waals surface area contributed by atoms with E-state index in [2.05, 4.69) is 15.2 Å². The second-order valence-electron chi connectivity index (χ2n) is 10.9. The van der Waals surface area contributed by atoms with E-state index in [1.54, 1.807) is 44.7 Å². The van der Waals surface area contributed by atoms with Crippen LogP contribution in [0, 0.1) is 12.8 Å². The highest BCUT2D eigenvalue weighted by molar-refractivity contribution is 7.90. The highest BCUT2D eigenvalue weighted by atomic mass is 32.2. The summed E-state index contributed by atoms with van der Waals surface area (Å²) in [5, 5.41) is 12.9. The molecule has 5 aromatic rings. The van der Waals surface area contributed by atoms with Crippen LogP contribution >= 0.6 is 0 Å². The molecule has 43 heavy (non-hydrogen) atoms. The molecule has 1 amide bonds. The fourth-order valence-corrected chi connectivity index (χ4v) is 7.31. The number of aryl methyl sites for hydroxylation is 2. The van der Waals surface area contributed by atoms with Crippen molar-refractivity contribution >= 4 is 38.1 Å². The molecule has 0 unspecified atom stereocenters. The SMILES string of the molecule is COc1cc2c(-c3cc4c(CN5CC(CNC(=O)O)C5)ccnc4n3S(=O)(=O)c3ccc(C)cc3)cn(C)c2cc1OC. The van der Waals surface area contributed by atoms with E-state index in [1.807, 2.05) is 49.0 Å². The highest BCUT2D eigenvalue weighted by Crippen LogP contribution is 2.41. The fourth-order valence-electron chi connectivity index (χ4n) is 5.83. The zero-order valence-electron chi connectivity index (χ0n) is 24.4. The number of rotatable bonds is 9. The number of carbonyl (C=O) groups is 1. The van der Waals surface area contributed by atoms with Gasteiger partial charge in [0.05, 0.1) is 30.3 Å². The zero-order chi connectivity index (χ0) is 30.5. The Morgan fingerprint density at radius 3 is 2.42 bits per heavy atom. The molecule has 0 radical (unpaired) electrons. The first kappa shape index (κ1) is 28.6. The summed E-state index contributed by atoms with van der Waals surface area (Å²) in [7, 11) is 0.998. The van der Waals surface area contributed by atoms with Crippen LogP contribution in [0.1, 0.15) is 11.1 Å². The number of pyridine rings is 1. The fraction of sp³-hybridized carbons (Fsp3) is 0.290. The third kappa shape index (κ3) is 5.06. The Morgan fingerprint density at radius 2 is 1.74 bits per heavy atom. The maximum atomic E-state index is 14.4. The minimum atomic E-state index is -4.06. The van der Waals surface area contributed by atoms with Crippen molar-refractivity contribution in [1.82, 2.24) is 23.7 Å². The molecule has 0 spiro atoms. The average molecular weight is 604 g/mol. The Morgan fingerprint density at radius 1 is 1.05 bits per heavy atom. The zero-order valence-corrected chi connectivity index (χ0v) is 25.2. The monoisotopic (exact) mass is 603 g/mol. The summed E-state index contributed by atoms with van der Waals surface area (Å²) in [5.74, 6) is 1.35. The van der Waals surface area contributed by atoms with Gasteiger partial charge in [0.1, 0.15) is 0 Å². The van der Waals surface area contributed by atoms with Crippen molar-refractivity contribution in [2.75, 3.05) is 33.9 Å². The molecule has 3 aromatic heterocycles. The molecule has 11 nitrogen and oxygen atoms in total. The molecule has 12 heteroatoms. The van der Waals surface area contributed by atoms with Crippen LogP contribution in [0.3, 0.4) is 0 Å². The predicted molar refractivity (Wildman–Crippen MR) is 163 cm³/mol. The maximum absolute atomic E-state index is 14.4. The van der Waals surface area contributed by atoms with Crippen LogP contribution in [0.25, 0.3) is 33.2 Å². The van der Waals surface area contributed by atoms with Gasteiger partial charge >= 0.3 is 6.09 Å². The number of methoxy groups -OCH3 is 2. The standard InChI is InChI=1S/C31H33N5O6S/c1-19-5-7-22(8-6-19)43(39,40)36-27(25-18-34(2)26-13-29(42-4)28(41-3)12-24(25)26)11-23-21(9-10-32-30(23)36)17-35-15-20(16-35)14-33-31(37)38/h5-13,18,20,33H,14-17H2,1-4H3,(H,37,38). The lowest BCUT2D eigenvalue weighted by molar-refractivity contribution is 0.0912. The number of benzene rings is 2. The van der Waals surface area contributed by atoms with Gasteiger partial charge in [-0.15, -0.1) is 0 Å². The highest BCUT2D eigenvalue weighted by Gasteiger charge is 2.30. The van der Waals surface area contributed by atoms with Gasteiger partial charge in [-0.3, -0.25) is 4.90 Å². The minimum Gasteiger partial charge on any atom is -0.493 e. The predicted octanol–water partition coefficient (Wildman–Crippen LogP) is 4.46. The summed E-state index contributed by atoms with van der Waals surface area (Å²) in [6, 6.07) is 14.4. The van der Waals surface area contributed by atoms with E-state index in [9.17, 15) is 13.2 Å². The van der Waals surface area contributed by atoms with E-state index in [0.717, 1.165) is 40.5 Å². The van der Waals surface area contributed by atoms with Crippen molar-refractivity contribution in [2.24, 2.45) is 13.0 Å². The van der Waals surface area contributed by atoms with E-state index in [-0.39, 0.29) is 10.8 Å². The van der Waals surface area contributed by atoms with Gasteiger partial charge in [0.25, 0.3) is 10.0 Å². The Bertz CT molecular complexity index is 1960. The van der Waals surface area contributed by atoms with Gasteiger partial charge in [0.2, 0.25) is 0 Å². The number of hydrogen-bond acceptors (Lipinski definition) is 7. The molecule has 0 atom stereocenters. The van der Waals surface area contributed by atoms with Gasteiger partial charge in [-0.25, -0.2) is 22.2 Å². The number of nitrogens with one attached hydrogen (secondary N) is 1. The Labute approximate surface area is 249 Å². The molecule has 0 aliphatic carbocycles. The average Bonchev–Trinajstić information content (AvgIpc) is 3.51. The van der Waals surface area contributed by atoms with E-state index in [1.165, 1.54) is 3.97 Å². The molecule has 0 bridgehead atoms. The quantitative estimate of drug-likeness (QED) is 0.253. The largest absolute Gasteiger partial charge is 0.493 e.